The summed E-state index contributed by atoms with van der Waals surface area (Å²) in [5.41, 5.74) is -1.21. The van der Waals surface area contributed by atoms with Crippen LogP contribution < -0.4 is 5.32 Å². The summed E-state index contributed by atoms with van der Waals surface area (Å²) < 4.78 is 30.2. The fraction of sp³-hybridized carbons (Fsp3) is 0.556. The van der Waals surface area contributed by atoms with Crippen molar-refractivity contribution < 1.29 is 13.2 Å². The third-order valence-electron chi connectivity index (χ3n) is 2.17. The highest BCUT2D eigenvalue weighted by Gasteiger charge is 2.34. The lowest BCUT2D eigenvalue weighted by molar-refractivity contribution is 0.0422. The van der Waals surface area contributed by atoms with Crippen molar-refractivity contribution in [2.45, 2.75) is 25.3 Å². The number of hydrogen-bond acceptors (Lipinski definition) is 2. The van der Waals surface area contributed by atoms with Crippen molar-refractivity contribution in [3.63, 3.8) is 0 Å². The van der Waals surface area contributed by atoms with E-state index in [0.29, 0.717) is 5.76 Å². The molecule has 0 aliphatic rings. The fourth-order valence-electron chi connectivity index (χ4n) is 1.05. The monoisotopic (exact) mass is 189 g/mol. The second-order valence-corrected chi connectivity index (χ2v) is 3.22. The van der Waals surface area contributed by atoms with E-state index in [2.05, 4.69) is 5.32 Å². The smallest absolute Gasteiger partial charge is 0.256 e. The van der Waals surface area contributed by atoms with Crippen LogP contribution in [0, 0.1) is 0 Å². The summed E-state index contributed by atoms with van der Waals surface area (Å²) >= 11 is 0. The molecule has 0 spiro atoms. The van der Waals surface area contributed by atoms with E-state index in [1.54, 1.807) is 12.1 Å². The molecular formula is C9H13F2NO. The van der Waals surface area contributed by atoms with Crippen LogP contribution in [0.15, 0.2) is 22.8 Å². The highest BCUT2D eigenvalue weighted by molar-refractivity contribution is 5.04. The van der Waals surface area contributed by atoms with Gasteiger partial charge in [-0.05, 0) is 26.1 Å². The maximum Gasteiger partial charge on any atom is 0.256 e. The largest absolute Gasteiger partial charge is 0.469 e. The van der Waals surface area contributed by atoms with Gasteiger partial charge in [0.1, 0.15) is 5.76 Å². The quantitative estimate of drug-likeness (QED) is 0.784. The van der Waals surface area contributed by atoms with Crippen molar-refractivity contribution in [2.24, 2.45) is 0 Å². The van der Waals surface area contributed by atoms with Crippen molar-refractivity contribution in [1.29, 1.82) is 0 Å². The lowest BCUT2D eigenvalue weighted by Crippen LogP contribution is -2.48. The zero-order valence-electron chi connectivity index (χ0n) is 7.68. The molecule has 0 aliphatic carbocycles. The Morgan fingerprint density at radius 2 is 2.31 bits per heavy atom. The topological polar surface area (TPSA) is 25.2 Å². The summed E-state index contributed by atoms with van der Waals surface area (Å²) in [5.74, 6) is 0.567. The molecule has 2 nitrogen and oxygen atoms in total. The van der Waals surface area contributed by atoms with Crippen molar-refractivity contribution in [3.05, 3.63) is 24.2 Å². The number of likely N-dealkylation sites (N-methyl/N-ethyl adjacent to an activating group) is 1. The minimum absolute atomic E-state index is 0.189. The van der Waals surface area contributed by atoms with Crippen LogP contribution in [0.25, 0.3) is 0 Å². The van der Waals surface area contributed by atoms with Gasteiger partial charge in [0, 0.05) is 6.42 Å². The molecule has 0 saturated heterocycles. The molecule has 0 aliphatic heterocycles. The maximum absolute atomic E-state index is 12.6. The Labute approximate surface area is 75.9 Å². The molecule has 1 atom stereocenters. The zero-order chi connectivity index (χ0) is 9.90. The van der Waals surface area contributed by atoms with Gasteiger partial charge < -0.3 is 9.73 Å². The zero-order valence-corrected chi connectivity index (χ0v) is 7.68. The first-order valence-corrected chi connectivity index (χ1v) is 4.08. The number of furan rings is 1. The number of hydrogen-bond donors (Lipinski definition) is 1. The predicted octanol–water partition coefficient (Wildman–Crippen LogP) is 2.07. The molecule has 1 aromatic heterocycles. The van der Waals surface area contributed by atoms with Crippen molar-refractivity contribution >= 4 is 0 Å². The number of alkyl halides is 2. The Morgan fingerprint density at radius 3 is 2.69 bits per heavy atom. The molecule has 0 saturated carbocycles. The molecular weight excluding hydrogens is 176 g/mol. The second kappa shape index (κ2) is 3.87. The summed E-state index contributed by atoms with van der Waals surface area (Å²) in [6.07, 6.45) is -0.743. The Morgan fingerprint density at radius 1 is 1.62 bits per heavy atom. The minimum atomic E-state index is -2.41. The Bertz CT molecular complexity index is 248. The van der Waals surface area contributed by atoms with Crippen LogP contribution in [0.1, 0.15) is 12.7 Å². The van der Waals surface area contributed by atoms with Gasteiger partial charge in [0.15, 0.2) is 0 Å². The molecule has 0 aromatic carbocycles. The summed E-state index contributed by atoms with van der Waals surface area (Å²) in [7, 11) is 1.52. The van der Waals surface area contributed by atoms with Gasteiger partial charge in [-0.1, -0.05) is 0 Å². The van der Waals surface area contributed by atoms with Gasteiger partial charge in [0.05, 0.1) is 11.8 Å². The molecule has 74 valence electrons. The van der Waals surface area contributed by atoms with Crippen LogP contribution in [0.2, 0.25) is 0 Å². The van der Waals surface area contributed by atoms with Crippen LogP contribution >= 0.6 is 0 Å². The first-order chi connectivity index (χ1) is 6.08. The van der Waals surface area contributed by atoms with E-state index in [4.69, 9.17) is 4.42 Å². The van der Waals surface area contributed by atoms with E-state index in [9.17, 15) is 8.78 Å². The van der Waals surface area contributed by atoms with Gasteiger partial charge in [-0.25, -0.2) is 8.78 Å². The van der Waals surface area contributed by atoms with E-state index in [-0.39, 0.29) is 6.42 Å². The molecule has 1 unspecified atom stereocenters. The van der Waals surface area contributed by atoms with Gasteiger partial charge in [-0.15, -0.1) is 0 Å². The molecule has 0 amide bonds. The summed E-state index contributed by atoms with van der Waals surface area (Å²) in [6.45, 7) is 1.47. The molecule has 0 fully saturated rings. The van der Waals surface area contributed by atoms with Crippen LogP contribution in [0.5, 0.6) is 0 Å². The van der Waals surface area contributed by atoms with E-state index < -0.39 is 12.0 Å². The van der Waals surface area contributed by atoms with Gasteiger partial charge in [0.2, 0.25) is 0 Å². The average molecular weight is 189 g/mol. The molecule has 1 rings (SSSR count). The highest BCUT2D eigenvalue weighted by Crippen LogP contribution is 2.20. The molecule has 0 radical (unpaired) electrons. The molecule has 4 heteroatoms. The molecule has 0 bridgehead atoms. The maximum atomic E-state index is 12.6. The first-order valence-electron chi connectivity index (χ1n) is 4.08. The normalized spacial score (nSPS) is 16.1. The molecule has 1 aromatic rings. The summed E-state index contributed by atoms with van der Waals surface area (Å²) in [4.78, 5) is 0. The lowest BCUT2D eigenvalue weighted by atomic mass is 9.97. The standard InChI is InChI=1S/C9H13F2NO/c1-9(12-2,8(10)11)6-7-4-3-5-13-7/h3-5,8,12H,6H2,1-2H3. The fourth-order valence-corrected chi connectivity index (χ4v) is 1.05. The van der Waals surface area contributed by atoms with Gasteiger partial charge in [0.25, 0.3) is 6.43 Å². The van der Waals surface area contributed by atoms with Crippen molar-refractivity contribution in [1.82, 2.24) is 5.32 Å². The van der Waals surface area contributed by atoms with Gasteiger partial charge in [-0.2, -0.15) is 0 Å². The van der Waals surface area contributed by atoms with E-state index in [0.717, 1.165) is 0 Å². The van der Waals surface area contributed by atoms with Crippen LogP contribution in [0.4, 0.5) is 8.78 Å². The molecule has 1 N–H and O–H groups in total. The molecule has 13 heavy (non-hydrogen) atoms. The van der Waals surface area contributed by atoms with Crippen LogP contribution in [0.3, 0.4) is 0 Å². The van der Waals surface area contributed by atoms with Crippen molar-refractivity contribution in [3.8, 4) is 0 Å². The third kappa shape index (κ3) is 2.28. The summed E-state index contributed by atoms with van der Waals surface area (Å²) in [5, 5.41) is 2.61. The SMILES string of the molecule is CNC(C)(Cc1ccco1)C(F)F. The van der Waals surface area contributed by atoms with E-state index in [1.807, 2.05) is 0 Å². The number of rotatable bonds is 4. The van der Waals surface area contributed by atoms with Crippen LogP contribution in [-0.2, 0) is 6.42 Å². The number of nitrogens with one attached hydrogen (secondary N) is 1. The highest BCUT2D eigenvalue weighted by atomic mass is 19.3. The van der Waals surface area contributed by atoms with Gasteiger partial charge in [-0.3, -0.25) is 0 Å². The molecule has 1 heterocycles. The van der Waals surface area contributed by atoms with Gasteiger partial charge >= 0.3 is 0 Å². The Kier molecular flexibility index (Phi) is 3.03. The van der Waals surface area contributed by atoms with Crippen molar-refractivity contribution in [2.75, 3.05) is 7.05 Å². The lowest BCUT2D eigenvalue weighted by Gasteiger charge is -2.27. The summed E-state index contributed by atoms with van der Waals surface area (Å²) in [6, 6.07) is 3.38. The van der Waals surface area contributed by atoms with E-state index >= 15 is 0 Å². The average Bonchev–Trinajstić information content (AvgIpc) is 2.56. The Balaban J connectivity index is 2.69. The van der Waals surface area contributed by atoms with Crippen LogP contribution in [-0.4, -0.2) is 19.0 Å². The second-order valence-electron chi connectivity index (χ2n) is 3.22. The third-order valence-corrected chi connectivity index (χ3v) is 2.17. The minimum Gasteiger partial charge on any atom is -0.469 e. The number of halogens is 2. The predicted molar refractivity (Wildman–Crippen MR) is 45.9 cm³/mol. The van der Waals surface area contributed by atoms with E-state index in [1.165, 1.54) is 20.2 Å². The first kappa shape index (κ1) is 10.2. The Hall–Kier alpha value is -0.900.